The number of hydrogen-bond donors (Lipinski definition) is 2. The van der Waals surface area contributed by atoms with Crippen LogP contribution in [0.1, 0.15) is 15.9 Å². The Bertz CT molecular complexity index is 606. The van der Waals surface area contributed by atoms with Crippen LogP contribution in [0.2, 0.25) is 0 Å². The van der Waals surface area contributed by atoms with Crippen molar-refractivity contribution in [3.05, 3.63) is 65.7 Å². The Kier molecular flexibility index (Phi) is 10.3. The van der Waals surface area contributed by atoms with Gasteiger partial charge in [0.15, 0.2) is 0 Å². The maximum atomic E-state index is 12.0. The maximum absolute atomic E-state index is 12.0. The minimum atomic E-state index is -0.0703. The van der Waals surface area contributed by atoms with Gasteiger partial charge in [-0.15, -0.1) is 12.4 Å². The molecule has 0 bridgehead atoms. The van der Waals surface area contributed by atoms with Gasteiger partial charge in [0.05, 0.1) is 6.61 Å². The molecule has 0 saturated carbocycles. The molecule has 2 N–H and O–H groups in total. The fourth-order valence-corrected chi connectivity index (χ4v) is 2.10. The van der Waals surface area contributed by atoms with Crippen molar-refractivity contribution in [3.63, 3.8) is 0 Å². The molecule has 0 radical (unpaired) electrons. The molecule has 6 heteroatoms. The summed E-state index contributed by atoms with van der Waals surface area (Å²) < 4.78 is 10.6. The first-order chi connectivity index (χ1) is 11.8. The molecule has 0 aliphatic heterocycles. The number of para-hydroxylation sites is 1. The minimum absolute atomic E-state index is 0. The van der Waals surface area contributed by atoms with E-state index in [9.17, 15) is 4.79 Å². The maximum Gasteiger partial charge on any atom is 0.251 e. The molecule has 25 heavy (non-hydrogen) atoms. The number of ether oxygens (including phenoxy) is 2. The van der Waals surface area contributed by atoms with Crippen LogP contribution in [0.3, 0.4) is 0 Å². The second kappa shape index (κ2) is 12.3. The van der Waals surface area contributed by atoms with E-state index in [-0.39, 0.29) is 18.3 Å². The molecule has 136 valence electrons. The first kappa shape index (κ1) is 21.0. The molecule has 0 fully saturated rings. The zero-order valence-corrected chi connectivity index (χ0v) is 15.2. The predicted molar refractivity (Wildman–Crippen MR) is 102 cm³/mol. The van der Waals surface area contributed by atoms with Gasteiger partial charge in [-0.05, 0) is 29.8 Å². The Balaban J connectivity index is 0.00000312. The molecule has 5 nitrogen and oxygen atoms in total. The van der Waals surface area contributed by atoms with Crippen LogP contribution >= 0.6 is 12.4 Å². The summed E-state index contributed by atoms with van der Waals surface area (Å²) >= 11 is 0. The van der Waals surface area contributed by atoms with E-state index in [2.05, 4.69) is 10.6 Å². The molecular formula is C19H25ClN2O3. The molecule has 2 aromatic rings. The van der Waals surface area contributed by atoms with Gasteiger partial charge in [0, 0.05) is 32.3 Å². The van der Waals surface area contributed by atoms with E-state index in [1.807, 2.05) is 54.6 Å². The number of halogens is 1. The van der Waals surface area contributed by atoms with Crippen LogP contribution in [0.25, 0.3) is 0 Å². The highest BCUT2D eigenvalue weighted by atomic mass is 35.5. The summed E-state index contributed by atoms with van der Waals surface area (Å²) in [6.45, 7) is 3.23. The molecule has 0 unspecified atom stereocenters. The van der Waals surface area contributed by atoms with Crippen molar-refractivity contribution in [1.29, 1.82) is 0 Å². The number of carbonyl (C=O) groups excluding carboxylic acids is 1. The third-order valence-electron chi connectivity index (χ3n) is 3.44. The first-order valence-corrected chi connectivity index (χ1v) is 8.04. The van der Waals surface area contributed by atoms with Crippen molar-refractivity contribution in [1.82, 2.24) is 10.6 Å². The van der Waals surface area contributed by atoms with Crippen LogP contribution in [0.4, 0.5) is 0 Å². The summed E-state index contributed by atoms with van der Waals surface area (Å²) in [5.41, 5.74) is 1.67. The van der Waals surface area contributed by atoms with Gasteiger partial charge >= 0.3 is 0 Å². The van der Waals surface area contributed by atoms with Crippen molar-refractivity contribution in [2.45, 2.75) is 6.61 Å². The van der Waals surface area contributed by atoms with E-state index < -0.39 is 0 Å². The van der Waals surface area contributed by atoms with Crippen LogP contribution < -0.4 is 15.4 Å². The van der Waals surface area contributed by atoms with Crippen LogP contribution in [-0.2, 0) is 11.3 Å². The summed E-state index contributed by atoms with van der Waals surface area (Å²) in [7, 11) is 1.66. The second-order valence-corrected chi connectivity index (χ2v) is 5.30. The quantitative estimate of drug-likeness (QED) is 0.636. The highest BCUT2D eigenvalue weighted by Crippen LogP contribution is 2.12. The lowest BCUT2D eigenvalue weighted by Gasteiger charge is -2.08. The summed E-state index contributed by atoms with van der Waals surface area (Å²) in [6, 6.07) is 17.1. The summed E-state index contributed by atoms with van der Waals surface area (Å²) in [6.07, 6.45) is 0. The third-order valence-corrected chi connectivity index (χ3v) is 3.44. The molecule has 0 aromatic heterocycles. The Hall–Kier alpha value is -2.08. The molecule has 0 spiro atoms. The number of hydrogen-bond acceptors (Lipinski definition) is 4. The molecule has 0 saturated heterocycles. The lowest BCUT2D eigenvalue weighted by molar-refractivity contribution is 0.0953. The first-order valence-electron chi connectivity index (χ1n) is 8.04. The highest BCUT2D eigenvalue weighted by molar-refractivity contribution is 5.94. The number of carbonyl (C=O) groups is 1. The molecular weight excluding hydrogens is 340 g/mol. The SMILES string of the molecule is COCCNCCNC(=O)c1ccc(COc2ccccc2)cc1.Cl. The number of benzene rings is 2. The highest BCUT2D eigenvalue weighted by Gasteiger charge is 2.04. The van der Waals surface area contributed by atoms with Crippen LogP contribution in [0, 0.1) is 0 Å². The number of methoxy groups -OCH3 is 1. The second-order valence-electron chi connectivity index (χ2n) is 5.30. The van der Waals surface area contributed by atoms with Crippen molar-refractivity contribution in [2.75, 3.05) is 33.4 Å². The molecule has 0 aliphatic carbocycles. The van der Waals surface area contributed by atoms with E-state index in [1.165, 1.54) is 0 Å². The lowest BCUT2D eigenvalue weighted by Crippen LogP contribution is -2.33. The fraction of sp³-hybridized carbons (Fsp3) is 0.316. The van der Waals surface area contributed by atoms with Gasteiger partial charge in [-0.1, -0.05) is 30.3 Å². The fourth-order valence-electron chi connectivity index (χ4n) is 2.10. The normalized spacial score (nSPS) is 9.96. The number of nitrogens with one attached hydrogen (secondary N) is 2. The Morgan fingerprint density at radius 3 is 2.36 bits per heavy atom. The average molecular weight is 365 g/mol. The van der Waals surface area contributed by atoms with Gasteiger partial charge in [-0.3, -0.25) is 4.79 Å². The standard InChI is InChI=1S/C19H24N2O3.ClH/c1-23-14-13-20-11-12-21-19(22)17-9-7-16(8-10-17)15-24-18-5-3-2-4-6-18;/h2-10,20H,11-15H2,1H3,(H,21,22);1H. The molecule has 0 atom stereocenters. The summed E-state index contributed by atoms with van der Waals surface area (Å²) in [4.78, 5) is 12.0. The minimum Gasteiger partial charge on any atom is -0.489 e. The van der Waals surface area contributed by atoms with E-state index in [4.69, 9.17) is 9.47 Å². The molecule has 0 heterocycles. The molecule has 2 rings (SSSR count). The zero-order valence-electron chi connectivity index (χ0n) is 14.4. The van der Waals surface area contributed by atoms with E-state index in [0.29, 0.717) is 25.3 Å². The van der Waals surface area contributed by atoms with Gasteiger partial charge in [-0.25, -0.2) is 0 Å². The zero-order chi connectivity index (χ0) is 17.0. The van der Waals surface area contributed by atoms with Crippen LogP contribution in [0.15, 0.2) is 54.6 Å². The number of rotatable bonds is 10. The Labute approximate surface area is 155 Å². The van der Waals surface area contributed by atoms with Gasteiger partial charge in [-0.2, -0.15) is 0 Å². The van der Waals surface area contributed by atoms with Gasteiger partial charge in [0.2, 0.25) is 0 Å². The van der Waals surface area contributed by atoms with E-state index in [0.717, 1.165) is 24.4 Å². The lowest BCUT2D eigenvalue weighted by atomic mass is 10.1. The largest absolute Gasteiger partial charge is 0.489 e. The topological polar surface area (TPSA) is 59.6 Å². The average Bonchev–Trinajstić information content (AvgIpc) is 2.64. The number of amides is 1. The van der Waals surface area contributed by atoms with Crippen molar-refractivity contribution < 1.29 is 14.3 Å². The van der Waals surface area contributed by atoms with E-state index in [1.54, 1.807) is 7.11 Å². The Morgan fingerprint density at radius 1 is 0.960 bits per heavy atom. The predicted octanol–water partition coefficient (Wildman–Crippen LogP) is 2.65. The van der Waals surface area contributed by atoms with Crippen molar-refractivity contribution in [3.8, 4) is 5.75 Å². The smallest absolute Gasteiger partial charge is 0.251 e. The van der Waals surface area contributed by atoms with Crippen LogP contribution in [0.5, 0.6) is 5.75 Å². The molecule has 2 aromatic carbocycles. The summed E-state index contributed by atoms with van der Waals surface area (Å²) in [5.74, 6) is 0.763. The van der Waals surface area contributed by atoms with Gasteiger partial charge < -0.3 is 20.1 Å². The van der Waals surface area contributed by atoms with Crippen molar-refractivity contribution in [2.24, 2.45) is 0 Å². The third kappa shape index (κ3) is 8.03. The monoisotopic (exact) mass is 364 g/mol. The van der Waals surface area contributed by atoms with Crippen molar-refractivity contribution >= 4 is 18.3 Å². The van der Waals surface area contributed by atoms with Gasteiger partial charge in [0.1, 0.15) is 12.4 Å². The summed E-state index contributed by atoms with van der Waals surface area (Å²) in [5, 5.41) is 6.06. The van der Waals surface area contributed by atoms with E-state index >= 15 is 0 Å². The molecule has 0 aliphatic rings. The van der Waals surface area contributed by atoms with Gasteiger partial charge in [0.25, 0.3) is 5.91 Å². The molecule has 1 amide bonds. The Morgan fingerprint density at radius 2 is 1.68 bits per heavy atom. The van der Waals surface area contributed by atoms with Crippen LogP contribution in [-0.4, -0.2) is 39.3 Å².